The number of oxazole rings is 1. The van der Waals surface area contributed by atoms with E-state index in [4.69, 9.17) is 4.42 Å². The fraction of sp³-hybridized carbons (Fsp3) is 0.348. The summed E-state index contributed by atoms with van der Waals surface area (Å²) in [6.45, 7) is 1.90. The van der Waals surface area contributed by atoms with Gasteiger partial charge in [-0.25, -0.2) is 9.97 Å². The molecule has 1 amide bonds. The molecule has 3 aliphatic rings. The number of carbonyl (C=O) groups is 1. The number of aryl methyl sites for hydroxylation is 1. The molecule has 2 saturated carbocycles. The average molecular weight is 389 g/mol. The van der Waals surface area contributed by atoms with E-state index in [2.05, 4.69) is 9.97 Å². The molecule has 0 N–H and O–H groups in total. The third kappa shape index (κ3) is 2.01. The number of hydrogen-bond acceptors (Lipinski definition) is 4. The molecular formula is C23H20FN3O2. The van der Waals surface area contributed by atoms with Gasteiger partial charge in [0.2, 0.25) is 11.9 Å². The third-order valence-corrected chi connectivity index (χ3v) is 7.40. The Balaban J connectivity index is 1.29. The lowest BCUT2D eigenvalue weighted by Gasteiger charge is -2.40. The van der Waals surface area contributed by atoms with Crippen molar-refractivity contribution < 1.29 is 13.6 Å². The second-order valence-corrected chi connectivity index (χ2v) is 8.50. The Morgan fingerprint density at radius 1 is 1.24 bits per heavy atom. The number of carbonyl (C=O) groups excluding carboxylic acids is 1. The lowest BCUT2D eigenvalue weighted by molar-refractivity contribution is -0.129. The molecule has 6 heteroatoms. The van der Waals surface area contributed by atoms with Crippen molar-refractivity contribution in [1.82, 2.24) is 9.97 Å². The monoisotopic (exact) mass is 389 g/mol. The van der Waals surface area contributed by atoms with Gasteiger partial charge in [0.05, 0.1) is 11.1 Å². The Morgan fingerprint density at radius 3 is 2.76 bits per heavy atom. The van der Waals surface area contributed by atoms with Crippen LogP contribution >= 0.6 is 0 Å². The number of rotatable bonds is 3. The van der Waals surface area contributed by atoms with Crippen LogP contribution in [0.2, 0.25) is 0 Å². The summed E-state index contributed by atoms with van der Waals surface area (Å²) in [7, 11) is 1.84. The molecule has 2 aromatic heterocycles. The van der Waals surface area contributed by atoms with Crippen LogP contribution in [0, 0.1) is 30.1 Å². The number of anilines is 1. The average Bonchev–Trinajstić information content (AvgIpc) is 3.13. The second-order valence-electron chi connectivity index (χ2n) is 8.50. The van der Waals surface area contributed by atoms with Crippen LogP contribution in [0.3, 0.4) is 0 Å². The smallest absolute Gasteiger partial charge is 0.234 e. The van der Waals surface area contributed by atoms with Crippen LogP contribution in [0.1, 0.15) is 29.2 Å². The van der Waals surface area contributed by atoms with E-state index < -0.39 is 0 Å². The van der Waals surface area contributed by atoms with Crippen molar-refractivity contribution in [2.75, 3.05) is 11.9 Å². The largest absolute Gasteiger partial charge is 0.443 e. The first-order valence-electron chi connectivity index (χ1n) is 9.95. The van der Waals surface area contributed by atoms with Crippen LogP contribution in [0.5, 0.6) is 0 Å². The lowest BCUT2D eigenvalue weighted by Crippen LogP contribution is -2.46. The molecule has 2 heterocycles. The summed E-state index contributed by atoms with van der Waals surface area (Å²) >= 11 is 0. The molecule has 0 radical (unpaired) electrons. The minimum Gasteiger partial charge on any atom is -0.443 e. The SMILES string of the molecule is Cc1ncoc1-c1ccc(N(C)C(=O)C23C4C[C@H]2Cc2c(ccnc2F)[C@@H]43)cc1. The number of amides is 1. The summed E-state index contributed by atoms with van der Waals surface area (Å²) in [5, 5.41) is 0. The van der Waals surface area contributed by atoms with Crippen molar-refractivity contribution in [3.63, 3.8) is 0 Å². The molecule has 29 heavy (non-hydrogen) atoms. The van der Waals surface area contributed by atoms with Gasteiger partial charge < -0.3 is 9.32 Å². The van der Waals surface area contributed by atoms with Crippen LogP contribution in [-0.4, -0.2) is 22.9 Å². The molecule has 0 saturated heterocycles. The summed E-state index contributed by atoms with van der Waals surface area (Å²) in [5.74, 6) is 1.21. The standard InChI is InChI=1S/C23H20FN3O2/c1-12-20(29-11-26-12)13-3-5-15(6-4-13)27(2)22(28)23-14-9-17-16(7-8-25-21(17)24)19(23)18(23)10-14/h3-8,11,14,18-19H,9-10H2,1-2H3/t14-,18?,19+,23?/m1/s1. The molecule has 0 aliphatic heterocycles. The van der Waals surface area contributed by atoms with Gasteiger partial charge in [-0.3, -0.25) is 4.79 Å². The van der Waals surface area contributed by atoms with Crippen molar-refractivity contribution >= 4 is 11.6 Å². The van der Waals surface area contributed by atoms with Gasteiger partial charge >= 0.3 is 0 Å². The van der Waals surface area contributed by atoms with Crippen molar-refractivity contribution in [3.8, 4) is 11.3 Å². The molecule has 146 valence electrons. The van der Waals surface area contributed by atoms with Gasteiger partial charge in [0.1, 0.15) is 0 Å². The van der Waals surface area contributed by atoms with Gasteiger partial charge in [-0.05, 0) is 67.5 Å². The molecule has 2 fully saturated rings. The number of nitrogens with zero attached hydrogens (tertiary/aromatic N) is 3. The minimum atomic E-state index is -0.368. The molecular weight excluding hydrogens is 369 g/mol. The minimum absolute atomic E-state index is 0.139. The fourth-order valence-electron chi connectivity index (χ4n) is 5.95. The van der Waals surface area contributed by atoms with E-state index in [9.17, 15) is 9.18 Å². The predicted octanol–water partition coefficient (Wildman–Crippen LogP) is 4.12. The van der Waals surface area contributed by atoms with Crippen molar-refractivity contribution in [1.29, 1.82) is 0 Å². The Morgan fingerprint density at radius 2 is 2.03 bits per heavy atom. The highest BCUT2D eigenvalue weighted by Crippen LogP contribution is 2.82. The zero-order valence-electron chi connectivity index (χ0n) is 16.2. The summed E-state index contributed by atoms with van der Waals surface area (Å²) in [6, 6.07) is 9.69. The van der Waals surface area contributed by atoms with Crippen LogP contribution in [0.4, 0.5) is 10.1 Å². The highest BCUT2D eigenvalue weighted by Gasteiger charge is 2.82. The van der Waals surface area contributed by atoms with Gasteiger partial charge in [0.15, 0.2) is 12.2 Å². The molecule has 3 aromatic rings. The van der Waals surface area contributed by atoms with Crippen molar-refractivity contribution in [2.45, 2.75) is 25.7 Å². The van der Waals surface area contributed by atoms with Gasteiger partial charge in [0.25, 0.3) is 0 Å². The zero-order valence-corrected chi connectivity index (χ0v) is 16.2. The molecule has 3 aliphatic carbocycles. The molecule has 0 bridgehead atoms. The number of hydrogen-bond donors (Lipinski definition) is 0. The zero-order chi connectivity index (χ0) is 19.9. The quantitative estimate of drug-likeness (QED) is 0.632. The van der Waals surface area contributed by atoms with E-state index >= 15 is 0 Å². The van der Waals surface area contributed by atoms with Crippen LogP contribution in [0.15, 0.2) is 47.3 Å². The molecule has 5 nitrogen and oxygen atoms in total. The Labute approximate surface area is 167 Å². The topological polar surface area (TPSA) is 59.2 Å². The Bertz CT molecular complexity index is 1160. The van der Waals surface area contributed by atoms with Gasteiger partial charge in [-0.1, -0.05) is 0 Å². The van der Waals surface area contributed by atoms with E-state index in [1.807, 2.05) is 44.3 Å². The normalized spacial score (nSPS) is 28.2. The summed E-state index contributed by atoms with van der Waals surface area (Å²) in [4.78, 5) is 23.3. The third-order valence-electron chi connectivity index (χ3n) is 7.40. The van der Waals surface area contributed by atoms with E-state index in [0.717, 1.165) is 40.3 Å². The molecule has 1 aromatic carbocycles. The van der Waals surface area contributed by atoms with Crippen molar-refractivity contribution in [2.24, 2.45) is 17.3 Å². The maximum absolute atomic E-state index is 14.2. The highest BCUT2D eigenvalue weighted by molar-refractivity contribution is 6.02. The van der Waals surface area contributed by atoms with Gasteiger partial charge in [-0.2, -0.15) is 4.39 Å². The van der Waals surface area contributed by atoms with E-state index in [1.54, 1.807) is 4.90 Å². The molecule has 4 atom stereocenters. The van der Waals surface area contributed by atoms with E-state index in [-0.39, 0.29) is 29.1 Å². The lowest BCUT2D eigenvalue weighted by atomic mass is 9.66. The van der Waals surface area contributed by atoms with Gasteiger partial charge in [-0.15, -0.1) is 0 Å². The van der Waals surface area contributed by atoms with E-state index in [1.165, 1.54) is 12.6 Å². The summed E-state index contributed by atoms with van der Waals surface area (Å²) in [5.41, 5.74) is 3.99. The Hall–Kier alpha value is -3.02. The Kier molecular flexibility index (Phi) is 3.22. The number of pyridine rings is 1. The number of aromatic nitrogens is 2. The molecule has 2 unspecified atom stereocenters. The molecule has 6 rings (SSSR count). The van der Waals surface area contributed by atoms with Crippen molar-refractivity contribution in [3.05, 3.63) is 65.7 Å². The van der Waals surface area contributed by atoms with Crippen LogP contribution in [-0.2, 0) is 11.2 Å². The maximum Gasteiger partial charge on any atom is 0.234 e. The van der Waals surface area contributed by atoms with Gasteiger partial charge in [0, 0.05) is 36.0 Å². The number of benzene rings is 1. The molecule has 0 spiro atoms. The first-order valence-corrected chi connectivity index (χ1v) is 9.95. The second kappa shape index (κ2) is 5.53. The first-order chi connectivity index (χ1) is 14.0. The predicted molar refractivity (Wildman–Crippen MR) is 105 cm³/mol. The number of halogens is 1. The fourth-order valence-corrected chi connectivity index (χ4v) is 5.95. The summed E-state index contributed by atoms with van der Waals surface area (Å²) < 4.78 is 19.6. The first kappa shape index (κ1) is 16.9. The maximum atomic E-state index is 14.2. The van der Waals surface area contributed by atoms with Crippen LogP contribution < -0.4 is 4.90 Å². The highest BCUT2D eigenvalue weighted by atomic mass is 19.1. The number of fused-ring (bicyclic) bond motifs is 3. The summed E-state index contributed by atoms with van der Waals surface area (Å²) in [6.07, 6.45) is 4.58. The van der Waals surface area contributed by atoms with Crippen LogP contribution in [0.25, 0.3) is 11.3 Å². The van der Waals surface area contributed by atoms with E-state index in [0.29, 0.717) is 12.3 Å².